The normalized spacial score (nSPS) is 18.6. The lowest BCUT2D eigenvalue weighted by molar-refractivity contribution is 0.143. The van der Waals surface area contributed by atoms with Crippen molar-refractivity contribution in [1.82, 2.24) is 0 Å². The Hall–Kier alpha value is -0.640. The third kappa shape index (κ3) is 3.10. The van der Waals surface area contributed by atoms with Crippen molar-refractivity contribution in [2.24, 2.45) is 0 Å². The first-order valence-corrected chi connectivity index (χ1v) is 7.33. The van der Waals surface area contributed by atoms with Crippen molar-refractivity contribution >= 4 is 23.2 Å². The van der Waals surface area contributed by atoms with Crippen molar-refractivity contribution in [2.45, 2.75) is 25.6 Å². The summed E-state index contributed by atoms with van der Waals surface area (Å²) in [6.07, 6.45) is 0.740. The second kappa shape index (κ2) is 6.69. The van der Waals surface area contributed by atoms with Crippen LogP contribution in [0.2, 0.25) is 5.02 Å². The molecule has 1 aromatic carbocycles. The van der Waals surface area contributed by atoms with Gasteiger partial charge in [-0.1, -0.05) is 11.6 Å². The third-order valence-electron chi connectivity index (χ3n) is 3.00. The fourth-order valence-electron chi connectivity index (χ4n) is 2.25. The molecule has 0 aliphatic carbocycles. The summed E-state index contributed by atoms with van der Waals surface area (Å²) in [5.74, 6) is 1.36. The van der Waals surface area contributed by atoms with Gasteiger partial charge < -0.3 is 14.2 Å². The van der Waals surface area contributed by atoms with E-state index in [1.807, 2.05) is 19.9 Å². The maximum atomic E-state index is 6.42. The molecule has 19 heavy (non-hydrogen) atoms. The van der Waals surface area contributed by atoms with E-state index in [9.17, 15) is 0 Å². The molecule has 0 radical (unpaired) electrons. The second-order valence-electron chi connectivity index (χ2n) is 4.24. The topological polar surface area (TPSA) is 27.7 Å². The SMILES string of the molecule is CCOc1cc(Cl)c2c(c1OCC)C(Cl)COCC2. The van der Waals surface area contributed by atoms with Gasteiger partial charge in [0, 0.05) is 16.7 Å². The van der Waals surface area contributed by atoms with Gasteiger partial charge in [-0.3, -0.25) is 0 Å². The van der Waals surface area contributed by atoms with Gasteiger partial charge in [0.2, 0.25) is 0 Å². The van der Waals surface area contributed by atoms with E-state index in [-0.39, 0.29) is 5.38 Å². The van der Waals surface area contributed by atoms with Gasteiger partial charge in [0.15, 0.2) is 11.5 Å². The van der Waals surface area contributed by atoms with Crippen molar-refractivity contribution < 1.29 is 14.2 Å². The number of ether oxygens (including phenoxy) is 3. The molecule has 0 aromatic heterocycles. The Bertz CT molecular complexity index is 449. The van der Waals surface area contributed by atoms with Crippen molar-refractivity contribution in [3.05, 3.63) is 22.2 Å². The van der Waals surface area contributed by atoms with E-state index < -0.39 is 0 Å². The third-order valence-corrected chi connectivity index (χ3v) is 3.68. The fraction of sp³-hybridized carbons (Fsp3) is 0.571. The molecule has 0 amide bonds. The molecule has 0 N–H and O–H groups in total. The lowest BCUT2D eigenvalue weighted by Crippen LogP contribution is -2.07. The minimum Gasteiger partial charge on any atom is -0.490 e. The van der Waals surface area contributed by atoms with E-state index in [1.165, 1.54) is 0 Å². The molecule has 5 heteroatoms. The molecule has 1 aliphatic rings. The van der Waals surface area contributed by atoms with Gasteiger partial charge in [-0.15, -0.1) is 11.6 Å². The molecule has 1 unspecified atom stereocenters. The van der Waals surface area contributed by atoms with Gasteiger partial charge in [-0.05, 0) is 25.8 Å². The van der Waals surface area contributed by atoms with Crippen LogP contribution in [0.1, 0.15) is 30.4 Å². The summed E-state index contributed by atoms with van der Waals surface area (Å²) in [7, 11) is 0. The number of halogens is 2. The Morgan fingerprint density at radius 1 is 1.32 bits per heavy atom. The average molecular weight is 305 g/mol. The minimum absolute atomic E-state index is 0.267. The summed E-state index contributed by atoms with van der Waals surface area (Å²) in [6.45, 7) is 6.05. The summed E-state index contributed by atoms with van der Waals surface area (Å²) in [5.41, 5.74) is 1.92. The Labute approximate surface area is 123 Å². The van der Waals surface area contributed by atoms with Gasteiger partial charge in [0.25, 0.3) is 0 Å². The Morgan fingerprint density at radius 3 is 2.74 bits per heavy atom. The molecule has 1 aromatic rings. The minimum atomic E-state index is -0.267. The fourth-order valence-corrected chi connectivity index (χ4v) is 2.87. The van der Waals surface area contributed by atoms with Crippen LogP contribution >= 0.6 is 23.2 Å². The van der Waals surface area contributed by atoms with Crippen LogP contribution in [-0.4, -0.2) is 26.4 Å². The summed E-state index contributed by atoms with van der Waals surface area (Å²) < 4.78 is 16.9. The zero-order valence-corrected chi connectivity index (χ0v) is 12.7. The van der Waals surface area contributed by atoms with E-state index in [1.54, 1.807) is 0 Å². The van der Waals surface area contributed by atoms with Gasteiger partial charge in [0.1, 0.15) is 0 Å². The lowest BCUT2D eigenvalue weighted by Gasteiger charge is -2.20. The quantitative estimate of drug-likeness (QED) is 0.787. The van der Waals surface area contributed by atoms with Gasteiger partial charge in [0.05, 0.1) is 31.8 Å². The average Bonchev–Trinajstić information content (AvgIpc) is 2.57. The molecule has 0 spiro atoms. The van der Waals surface area contributed by atoms with Crippen molar-refractivity contribution in [3.63, 3.8) is 0 Å². The predicted molar refractivity (Wildman–Crippen MR) is 76.9 cm³/mol. The maximum Gasteiger partial charge on any atom is 0.166 e. The van der Waals surface area contributed by atoms with Crippen molar-refractivity contribution in [1.29, 1.82) is 0 Å². The molecule has 0 fully saturated rings. The highest BCUT2D eigenvalue weighted by atomic mass is 35.5. The molecule has 1 aliphatic heterocycles. The Kier molecular flexibility index (Phi) is 5.20. The number of hydrogen-bond acceptors (Lipinski definition) is 3. The summed E-state index contributed by atoms with van der Waals surface area (Å²) >= 11 is 12.8. The van der Waals surface area contributed by atoms with Gasteiger partial charge in [-0.2, -0.15) is 0 Å². The second-order valence-corrected chi connectivity index (χ2v) is 5.17. The van der Waals surface area contributed by atoms with Crippen LogP contribution < -0.4 is 9.47 Å². The highest BCUT2D eigenvalue weighted by Gasteiger charge is 2.27. The molecule has 0 saturated carbocycles. The molecule has 3 nitrogen and oxygen atoms in total. The predicted octanol–water partition coefficient (Wildman–Crippen LogP) is 3.99. The molecule has 106 valence electrons. The monoisotopic (exact) mass is 304 g/mol. The van der Waals surface area contributed by atoms with Crippen molar-refractivity contribution in [2.75, 3.05) is 26.4 Å². The van der Waals surface area contributed by atoms with Crippen LogP contribution in [0.15, 0.2) is 6.07 Å². The van der Waals surface area contributed by atoms with E-state index in [4.69, 9.17) is 37.4 Å². The zero-order chi connectivity index (χ0) is 13.8. The smallest absolute Gasteiger partial charge is 0.166 e. The van der Waals surface area contributed by atoms with Crippen LogP contribution in [0.4, 0.5) is 0 Å². The molecule has 1 atom stereocenters. The van der Waals surface area contributed by atoms with E-state index in [0.717, 1.165) is 17.5 Å². The molecular formula is C14H18Cl2O3. The molecule has 0 saturated heterocycles. The molecule has 2 rings (SSSR count). The van der Waals surface area contributed by atoms with Crippen molar-refractivity contribution in [3.8, 4) is 11.5 Å². The van der Waals surface area contributed by atoms with E-state index in [2.05, 4.69) is 0 Å². The number of benzene rings is 1. The largest absolute Gasteiger partial charge is 0.490 e. The maximum absolute atomic E-state index is 6.42. The number of rotatable bonds is 4. The first-order valence-electron chi connectivity index (χ1n) is 6.51. The van der Waals surface area contributed by atoms with Crippen LogP contribution in [-0.2, 0) is 11.2 Å². The number of alkyl halides is 1. The van der Waals surface area contributed by atoms with Gasteiger partial charge >= 0.3 is 0 Å². The summed E-state index contributed by atoms with van der Waals surface area (Å²) in [5, 5.41) is 0.398. The molecular weight excluding hydrogens is 287 g/mol. The zero-order valence-electron chi connectivity index (χ0n) is 11.2. The van der Waals surface area contributed by atoms with E-state index >= 15 is 0 Å². The van der Waals surface area contributed by atoms with Crippen LogP contribution in [0.3, 0.4) is 0 Å². The highest BCUT2D eigenvalue weighted by Crippen LogP contribution is 2.44. The summed E-state index contributed by atoms with van der Waals surface area (Å²) in [4.78, 5) is 0. The molecule has 1 heterocycles. The first kappa shape index (κ1) is 14.8. The van der Waals surface area contributed by atoms with Crippen LogP contribution in [0.5, 0.6) is 11.5 Å². The van der Waals surface area contributed by atoms with Crippen LogP contribution in [0, 0.1) is 0 Å². The van der Waals surface area contributed by atoms with E-state index in [0.29, 0.717) is 42.9 Å². The standard InChI is InChI=1S/C14H18Cl2O3/c1-3-18-12-7-10(15)9-5-6-17-8-11(16)13(9)14(12)19-4-2/h7,11H,3-6,8H2,1-2H3. The molecule has 0 bridgehead atoms. The first-order chi connectivity index (χ1) is 9.19. The lowest BCUT2D eigenvalue weighted by atomic mass is 10.0. The number of fused-ring (bicyclic) bond motifs is 1. The summed E-state index contributed by atoms with van der Waals surface area (Å²) in [6, 6.07) is 1.81. The Morgan fingerprint density at radius 2 is 2.05 bits per heavy atom. The highest BCUT2D eigenvalue weighted by molar-refractivity contribution is 6.32. The van der Waals surface area contributed by atoms with Crippen LogP contribution in [0.25, 0.3) is 0 Å². The Balaban J connectivity index is 2.58. The number of hydrogen-bond donors (Lipinski definition) is 0. The van der Waals surface area contributed by atoms with Gasteiger partial charge in [-0.25, -0.2) is 0 Å².